The van der Waals surface area contributed by atoms with Gasteiger partial charge in [-0.1, -0.05) is 24.6 Å². The van der Waals surface area contributed by atoms with E-state index in [9.17, 15) is 5.11 Å². The van der Waals surface area contributed by atoms with Crippen LogP contribution in [-0.2, 0) is 0 Å². The Morgan fingerprint density at radius 3 is 3.13 bits per heavy atom. The molecule has 0 saturated heterocycles. The van der Waals surface area contributed by atoms with Gasteiger partial charge in [0.25, 0.3) is 5.89 Å². The first kappa shape index (κ1) is 10.3. The SMILES string of the molecule is CCCC(O)c1noc(-c2cccs2)n1. The van der Waals surface area contributed by atoms with Crippen LogP contribution in [0.1, 0.15) is 31.7 Å². The fraction of sp³-hybridized carbons (Fsp3) is 0.400. The number of aromatic nitrogens is 2. The summed E-state index contributed by atoms with van der Waals surface area (Å²) in [7, 11) is 0. The van der Waals surface area contributed by atoms with E-state index >= 15 is 0 Å². The Balaban J connectivity index is 2.17. The smallest absolute Gasteiger partial charge is 0.268 e. The lowest BCUT2D eigenvalue weighted by Gasteiger charge is -2.00. The van der Waals surface area contributed by atoms with Gasteiger partial charge in [0.05, 0.1) is 4.88 Å². The molecule has 2 aromatic rings. The van der Waals surface area contributed by atoms with Gasteiger partial charge in [-0.2, -0.15) is 4.98 Å². The predicted octanol–water partition coefficient (Wildman–Crippen LogP) is 2.63. The van der Waals surface area contributed by atoms with E-state index in [2.05, 4.69) is 10.1 Å². The Morgan fingerprint density at radius 2 is 2.47 bits per heavy atom. The molecule has 4 nitrogen and oxygen atoms in total. The number of aliphatic hydroxyl groups is 1. The Labute approximate surface area is 91.6 Å². The summed E-state index contributed by atoms with van der Waals surface area (Å²) in [6, 6.07) is 3.83. The summed E-state index contributed by atoms with van der Waals surface area (Å²) in [4.78, 5) is 5.08. The summed E-state index contributed by atoms with van der Waals surface area (Å²) in [5, 5.41) is 15.4. The lowest BCUT2D eigenvalue weighted by Crippen LogP contribution is -1.98. The van der Waals surface area contributed by atoms with Crippen molar-refractivity contribution in [2.45, 2.75) is 25.9 Å². The van der Waals surface area contributed by atoms with Gasteiger partial charge in [-0.3, -0.25) is 0 Å². The van der Waals surface area contributed by atoms with Gasteiger partial charge in [0.15, 0.2) is 0 Å². The molecule has 0 fully saturated rings. The summed E-state index contributed by atoms with van der Waals surface area (Å²) < 4.78 is 5.07. The average molecular weight is 224 g/mol. The highest BCUT2D eigenvalue weighted by Gasteiger charge is 2.15. The normalized spacial score (nSPS) is 12.9. The molecular weight excluding hydrogens is 212 g/mol. The van der Waals surface area contributed by atoms with Crippen molar-refractivity contribution in [1.82, 2.24) is 10.1 Å². The van der Waals surface area contributed by atoms with Crippen LogP contribution in [-0.4, -0.2) is 15.2 Å². The maximum absolute atomic E-state index is 9.65. The van der Waals surface area contributed by atoms with E-state index in [0.29, 0.717) is 18.1 Å². The molecular formula is C10H12N2O2S. The molecule has 80 valence electrons. The Bertz CT molecular complexity index is 411. The van der Waals surface area contributed by atoms with Crippen LogP contribution in [0.5, 0.6) is 0 Å². The number of hydrogen-bond donors (Lipinski definition) is 1. The van der Waals surface area contributed by atoms with E-state index in [-0.39, 0.29) is 0 Å². The monoisotopic (exact) mass is 224 g/mol. The van der Waals surface area contributed by atoms with Crippen molar-refractivity contribution in [2.75, 3.05) is 0 Å². The minimum Gasteiger partial charge on any atom is -0.385 e. The molecule has 0 saturated carbocycles. The van der Waals surface area contributed by atoms with Crippen molar-refractivity contribution in [1.29, 1.82) is 0 Å². The van der Waals surface area contributed by atoms with E-state index in [1.54, 1.807) is 0 Å². The van der Waals surface area contributed by atoms with Crippen molar-refractivity contribution in [3.63, 3.8) is 0 Å². The van der Waals surface area contributed by atoms with Gasteiger partial charge in [-0.05, 0) is 17.9 Å². The van der Waals surface area contributed by atoms with Gasteiger partial charge in [-0.15, -0.1) is 11.3 Å². The molecule has 1 atom stereocenters. The number of aliphatic hydroxyl groups excluding tert-OH is 1. The van der Waals surface area contributed by atoms with Gasteiger partial charge in [-0.25, -0.2) is 0 Å². The molecule has 0 aliphatic rings. The van der Waals surface area contributed by atoms with Crippen LogP contribution in [0.4, 0.5) is 0 Å². The molecule has 0 bridgehead atoms. The molecule has 2 heterocycles. The van der Waals surface area contributed by atoms with Gasteiger partial charge < -0.3 is 9.63 Å². The summed E-state index contributed by atoms with van der Waals surface area (Å²) in [6.45, 7) is 2.00. The predicted molar refractivity (Wildman–Crippen MR) is 57.5 cm³/mol. The van der Waals surface area contributed by atoms with Crippen LogP contribution in [0.25, 0.3) is 10.8 Å². The summed E-state index contributed by atoms with van der Waals surface area (Å²) in [5.41, 5.74) is 0. The zero-order valence-electron chi connectivity index (χ0n) is 8.38. The number of rotatable bonds is 4. The molecule has 0 amide bonds. The second kappa shape index (κ2) is 4.55. The van der Waals surface area contributed by atoms with Crippen LogP contribution >= 0.6 is 11.3 Å². The molecule has 5 heteroatoms. The maximum atomic E-state index is 9.65. The van der Waals surface area contributed by atoms with E-state index in [4.69, 9.17) is 4.52 Å². The molecule has 15 heavy (non-hydrogen) atoms. The zero-order chi connectivity index (χ0) is 10.7. The first-order chi connectivity index (χ1) is 7.31. The first-order valence-corrected chi connectivity index (χ1v) is 5.74. The number of hydrogen-bond acceptors (Lipinski definition) is 5. The molecule has 2 rings (SSSR count). The maximum Gasteiger partial charge on any atom is 0.268 e. The molecule has 1 unspecified atom stereocenters. The number of thiophene rings is 1. The van der Waals surface area contributed by atoms with Gasteiger partial charge >= 0.3 is 0 Å². The first-order valence-electron chi connectivity index (χ1n) is 4.86. The van der Waals surface area contributed by atoms with Crippen molar-refractivity contribution in [3.8, 4) is 10.8 Å². The standard InChI is InChI=1S/C10H12N2O2S/c1-2-4-7(13)9-11-10(14-12-9)8-5-3-6-15-8/h3,5-7,13H,2,4H2,1H3. The Kier molecular flexibility index (Phi) is 3.13. The topological polar surface area (TPSA) is 59.2 Å². The van der Waals surface area contributed by atoms with Gasteiger partial charge in [0.1, 0.15) is 6.10 Å². The fourth-order valence-corrected chi connectivity index (χ4v) is 1.92. The molecule has 0 aliphatic carbocycles. The minimum atomic E-state index is -0.618. The van der Waals surface area contributed by atoms with E-state index in [0.717, 1.165) is 11.3 Å². The molecule has 0 aliphatic heterocycles. The highest BCUT2D eigenvalue weighted by Crippen LogP contribution is 2.24. The van der Waals surface area contributed by atoms with Crippen molar-refractivity contribution < 1.29 is 9.63 Å². The van der Waals surface area contributed by atoms with Gasteiger partial charge in [0.2, 0.25) is 5.82 Å². The van der Waals surface area contributed by atoms with Crippen LogP contribution in [0.15, 0.2) is 22.0 Å². The highest BCUT2D eigenvalue weighted by atomic mass is 32.1. The quantitative estimate of drug-likeness (QED) is 0.867. The van der Waals surface area contributed by atoms with Crippen molar-refractivity contribution in [2.24, 2.45) is 0 Å². The molecule has 0 radical (unpaired) electrons. The van der Waals surface area contributed by atoms with Crippen LogP contribution in [0.2, 0.25) is 0 Å². The molecule has 0 aromatic carbocycles. The second-order valence-corrected chi connectivity index (χ2v) is 4.19. The summed E-state index contributed by atoms with van der Waals surface area (Å²) >= 11 is 1.54. The van der Waals surface area contributed by atoms with Crippen molar-refractivity contribution in [3.05, 3.63) is 23.3 Å². The van der Waals surface area contributed by atoms with E-state index in [1.165, 1.54) is 11.3 Å². The lowest BCUT2D eigenvalue weighted by atomic mass is 10.2. The summed E-state index contributed by atoms with van der Waals surface area (Å²) in [6.07, 6.45) is 0.931. The molecule has 1 N–H and O–H groups in total. The molecule has 2 aromatic heterocycles. The minimum absolute atomic E-state index is 0.375. The Hall–Kier alpha value is -1.20. The molecule has 0 spiro atoms. The second-order valence-electron chi connectivity index (χ2n) is 3.24. The van der Waals surface area contributed by atoms with Crippen LogP contribution < -0.4 is 0 Å². The average Bonchev–Trinajstić information content (AvgIpc) is 2.89. The lowest BCUT2D eigenvalue weighted by molar-refractivity contribution is 0.153. The van der Waals surface area contributed by atoms with Gasteiger partial charge in [0, 0.05) is 0 Å². The van der Waals surface area contributed by atoms with Crippen LogP contribution in [0.3, 0.4) is 0 Å². The fourth-order valence-electron chi connectivity index (χ4n) is 1.27. The Morgan fingerprint density at radius 1 is 1.60 bits per heavy atom. The largest absolute Gasteiger partial charge is 0.385 e. The third-order valence-electron chi connectivity index (χ3n) is 2.03. The highest BCUT2D eigenvalue weighted by molar-refractivity contribution is 7.13. The summed E-state index contributed by atoms with van der Waals surface area (Å²) in [5.74, 6) is 0.857. The third kappa shape index (κ3) is 2.24. The van der Waals surface area contributed by atoms with Crippen LogP contribution in [0, 0.1) is 0 Å². The van der Waals surface area contributed by atoms with Crippen molar-refractivity contribution >= 4 is 11.3 Å². The zero-order valence-corrected chi connectivity index (χ0v) is 9.20. The third-order valence-corrected chi connectivity index (χ3v) is 2.89. The van der Waals surface area contributed by atoms with E-state index in [1.807, 2.05) is 24.4 Å². The van der Waals surface area contributed by atoms with E-state index < -0.39 is 6.10 Å². The number of nitrogens with zero attached hydrogens (tertiary/aromatic N) is 2.